The van der Waals surface area contributed by atoms with Gasteiger partial charge in [-0.15, -0.1) is 0 Å². The third-order valence-corrected chi connectivity index (χ3v) is 7.44. The minimum absolute atomic E-state index is 0.0601. The van der Waals surface area contributed by atoms with Gasteiger partial charge in [-0.3, -0.25) is 9.48 Å². The van der Waals surface area contributed by atoms with E-state index in [1.165, 1.54) is 23.0 Å². The molecule has 0 spiro atoms. The minimum atomic E-state index is -4.59. The first kappa shape index (κ1) is 26.1. The summed E-state index contributed by atoms with van der Waals surface area (Å²) in [5.74, 6) is -0.370. The highest BCUT2D eigenvalue weighted by atomic mass is 35.5. The molecule has 1 aromatic carbocycles. The second-order valence-corrected chi connectivity index (χ2v) is 10.8. The number of carbonyl (C=O) groups is 1. The summed E-state index contributed by atoms with van der Waals surface area (Å²) in [6, 6.07) is 5.20. The van der Waals surface area contributed by atoms with E-state index < -0.39 is 17.5 Å². The lowest BCUT2D eigenvalue weighted by molar-refractivity contribution is -0.140. The smallest absolute Gasteiger partial charge is 0.388 e. The van der Waals surface area contributed by atoms with Crippen molar-refractivity contribution in [1.29, 1.82) is 0 Å². The van der Waals surface area contributed by atoms with Gasteiger partial charge in [0.25, 0.3) is 5.91 Å². The maximum Gasteiger partial charge on any atom is 0.433 e. The first-order chi connectivity index (χ1) is 17.5. The number of halogens is 5. The van der Waals surface area contributed by atoms with Gasteiger partial charge < -0.3 is 15.7 Å². The van der Waals surface area contributed by atoms with Crippen molar-refractivity contribution < 1.29 is 23.1 Å². The van der Waals surface area contributed by atoms with Gasteiger partial charge in [-0.25, -0.2) is 4.98 Å². The van der Waals surface area contributed by atoms with E-state index in [-0.39, 0.29) is 40.8 Å². The number of aliphatic hydroxyl groups is 1. The summed E-state index contributed by atoms with van der Waals surface area (Å²) in [6.45, 7) is 0.277. The van der Waals surface area contributed by atoms with Crippen molar-refractivity contribution in [2.45, 2.75) is 75.4 Å². The lowest BCUT2D eigenvalue weighted by Gasteiger charge is -2.24. The molecule has 7 nitrogen and oxygen atoms in total. The van der Waals surface area contributed by atoms with Crippen LogP contribution < -0.4 is 10.6 Å². The van der Waals surface area contributed by atoms with Crippen LogP contribution in [0.15, 0.2) is 30.5 Å². The number of anilines is 1. The molecule has 0 aliphatic heterocycles. The molecule has 12 heteroatoms. The van der Waals surface area contributed by atoms with Crippen molar-refractivity contribution in [3.05, 3.63) is 51.9 Å². The van der Waals surface area contributed by atoms with Crippen LogP contribution in [0.4, 0.5) is 18.9 Å². The van der Waals surface area contributed by atoms with E-state index in [9.17, 15) is 23.1 Å². The zero-order valence-corrected chi connectivity index (χ0v) is 21.3. The molecule has 198 valence electrons. The lowest BCUT2D eigenvalue weighted by atomic mass is 10.0. The molecule has 3 aromatic rings. The fourth-order valence-corrected chi connectivity index (χ4v) is 5.21. The molecule has 2 atom stereocenters. The Morgan fingerprint density at radius 1 is 1.16 bits per heavy atom. The third-order valence-electron chi connectivity index (χ3n) is 6.92. The van der Waals surface area contributed by atoms with Gasteiger partial charge in [0.2, 0.25) is 0 Å². The molecular weight excluding hydrogens is 530 g/mol. The van der Waals surface area contributed by atoms with Crippen molar-refractivity contribution >= 4 is 45.7 Å². The van der Waals surface area contributed by atoms with Gasteiger partial charge >= 0.3 is 6.18 Å². The molecule has 2 heterocycles. The molecule has 2 saturated carbocycles. The standard InChI is InChI=1S/C25H26Cl2F3N5O2/c26-14-5-6-19-17(9-14)20(11-21(33-19)25(28,29)30)31-15-3-1-2-4-16(10-15)32-23(36)18-12-35(34-22(18)27)13-24(37)7-8-24/h5-6,9,11-12,15-16,37H,1-4,7-8,10,13H2,(H,31,33)(H,32,36)/t15-,16+/m0/s1. The second-order valence-electron chi connectivity index (χ2n) is 10.0. The van der Waals surface area contributed by atoms with Crippen molar-refractivity contribution in [2.24, 2.45) is 0 Å². The number of carbonyl (C=O) groups excluding carboxylic acids is 1. The highest BCUT2D eigenvalue weighted by Gasteiger charge is 2.41. The fourth-order valence-electron chi connectivity index (χ4n) is 4.80. The number of hydrogen-bond acceptors (Lipinski definition) is 5. The third kappa shape index (κ3) is 6.13. The molecule has 0 radical (unpaired) electrons. The van der Waals surface area contributed by atoms with E-state index in [2.05, 4.69) is 20.7 Å². The van der Waals surface area contributed by atoms with Gasteiger partial charge in [-0.2, -0.15) is 18.3 Å². The highest BCUT2D eigenvalue weighted by molar-refractivity contribution is 6.32. The Balaban J connectivity index is 1.32. The molecule has 0 bridgehead atoms. The number of rotatable bonds is 6. The van der Waals surface area contributed by atoms with Crippen LogP contribution in [0.25, 0.3) is 10.9 Å². The van der Waals surface area contributed by atoms with Gasteiger partial charge in [-0.05, 0) is 56.4 Å². The Kier molecular flexibility index (Phi) is 7.02. The van der Waals surface area contributed by atoms with Gasteiger partial charge in [0.1, 0.15) is 5.69 Å². The second kappa shape index (κ2) is 9.96. The van der Waals surface area contributed by atoms with Crippen LogP contribution in [0.1, 0.15) is 61.0 Å². The number of amides is 1. The van der Waals surface area contributed by atoms with Crippen molar-refractivity contribution in [2.75, 3.05) is 5.32 Å². The molecule has 0 unspecified atom stereocenters. The number of fused-ring (bicyclic) bond motifs is 1. The number of alkyl halides is 3. The SMILES string of the molecule is O=C(N[C@@H]1CCCC[C@H](Nc2cc(C(F)(F)F)nc3ccc(Cl)cc23)C1)c1cn(CC2(O)CC2)nc1Cl. The number of nitrogens with one attached hydrogen (secondary N) is 2. The van der Waals surface area contributed by atoms with Gasteiger partial charge in [0.05, 0.1) is 23.2 Å². The molecule has 2 aromatic heterocycles. The zero-order chi connectivity index (χ0) is 26.4. The van der Waals surface area contributed by atoms with E-state index in [0.717, 1.165) is 31.7 Å². The van der Waals surface area contributed by atoms with Crippen LogP contribution >= 0.6 is 23.2 Å². The quantitative estimate of drug-likeness (QED) is 0.333. The van der Waals surface area contributed by atoms with E-state index in [1.807, 2.05) is 0 Å². The predicted octanol–water partition coefficient (Wildman–Crippen LogP) is 5.83. The van der Waals surface area contributed by atoms with Crippen LogP contribution in [0, 0.1) is 0 Å². The Morgan fingerprint density at radius 2 is 1.89 bits per heavy atom. The van der Waals surface area contributed by atoms with E-state index in [4.69, 9.17) is 23.2 Å². The fraction of sp³-hybridized carbons (Fsp3) is 0.480. The van der Waals surface area contributed by atoms with E-state index in [0.29, 0.717) is 35.4 Å². The van der Waals surface area contributed by atoms with Crippen LogP contribution in [0.3, 0.4) is 0 Å². The van der Waals surface area contributed by atoms with Crippen molar-refractivity contribution in [1.82, 2.24) is 20.1 Å². The molecule has 3 N–H and O–H groups in total. The molecule has 1 amide bonds. The van der Waals surface area contributed by atoms with Crippen molar-refractivity contribution in [3.63, 3.8) is 0 Å². The summed E-state index contributed by atoms with van der Waals surface area (Å²) in [7, 11) is 0. The molecule has 2 fully saturated rings. The van der Waals surface area contributed by atoms with E-state index in [1.54, 1.807) is 6.07 Å². The normalized spacial score (nSPS) is 21.5. The molecule has 0 saturated heterocycles. The average molecular weight is 556 g/mol. The van der Waals surface area contributed by atoms with E-state index >= 15 is 0 Å². The minimum Gasteiger partial charge on any atom is -0.388 e. The number of aromatic nitrogens is 3. The summed E-state index contributed by atoms with van der Waals surface area (Å²) in [6.07, 6.45) is 2.01. The first-order valence-corrected chi connectivity index (χ1v) is 12.9. The predicted molar refractivity (Wildman–Crippen MR) is 135 cm³/mol. The summed E-state index contributed by atoms with van der Waals surface area (Å²) >= 11 is 12.3. The molecule has 2 aliphatic carbocycles. The van der Waals surface area contributed by atoms with Crippen LogP contribution in [0.5, 0.6) is 0 Å². The Labute approximate surface area is 221 Å². The summed E-state index contributed by atoms with van der Waals surface area (Å²) in [4.78, 5) is 16.8. The lowest BCUT2D eigenvalue weighted by Crippen LogP contribution is -2.38. The summed E-state index contributed by atoms with van der Waals surface area (Å²) < 4.78 is 42.0. The average Bonchev–Trinajstić information content (AvgIpc) is 3.49. The number of hydrogen-bond donors (Lipinski definition) is 3. The highest BCUT2D eigenvalue weighted by Crippen LogP contribution is 2.37. The molecular formula is C25H26Cl2F3N5O2. The monoisotopic (exact) mass is 555 g/mol. The molecule has 5 rings (SSSR count). The summed E-state index contributed by atoms with van der Waals surface area (Å²) in [5.41, 5.74) is -1.03. The van der Waals surface area contributed by atoms with Crippen molar-refractivity contribution in [3.8, 4) is 0 Å². The number of pyridine rings is 1. The number of nitrogens with zero attached hydrogens (tertiary/aromatic N) is 3. The van der Waals surface area contributed by atoms with Gasteiger partial charge in [0.15, 0.2) is 5.15 Å². The Bertz CT molecular complexity index is 1330. The first-order valence-electron chi connectivity index (χ1n) is 12.2. The molecule has 2 aliphatic rings. The number of benzene rings is 1. The van der Waals surface area contributed by atoms with Gasteiger partial charge in [-0.1, -0.05) is 36.0 Å². The maximum atomic E-state index is 13.5. The zero-order valence-electron chi connectivity index (χ0n) is 19.8. The maximum absolute atomic E-state index is 13.5. The summed E-state index contributed by atoms with van der Waals surface area (Å²) in [5, 5.41) is 21.5. The van der Waals surface area contributed by atoms with Gasteiger partial charge in [0, 0.05) is 34.4 Å². The van der Waals surface area contributed by atoms with Crippen LogP contribution in [-0.2, 0) is 12.7 Å². The largest absolute Gasteiger partial charge is 0.433 e. The Hall–Kier alpha value is -2.56. The topological polar surface area (TPSA) is 92.1 Å². The molecule has 37 heavy (non-hydrogen) atoms. The van der Waals surface area contributed by atoms with Crippen LogP contribution in [-0.4, -0.2) is 43.5 Å². The van der Waals surface area contributed by atoms with Crippen LogP contribution in [0.2, 0.25) is 10.2 Å². The Morgan fingerprint density at radius 3 is 2.59 bits per heavy atom.